The second-order valence-electron chi connectivity index (χ2n) is 6.50. The normalized spacial score (nSPS) is 18.6. The number of pyridine rings is 1. The van der Waals surface area contributed by atoms with E-state index in [1.165, 1.54) is 12.1 Å². The quantitative estimate of drug-likeness (QED) is 0.584. The Hall–Kier alpha value is -3.24. The minimum Gasteiger partial charge on any atom is -0.454 e. The van der Waals surface area contributed by atoms with Crippen LogP contribution in [0, 0.1) is 10.1 Å². The third kappa shape index (κ3) is 3.73. The van der Waals surface area contributed by atoms with Crippen molar-refractivity contribution in [3.05, 3.63) is 52.3 Å². The van der Waals surface area contributed by atoms with Gasteiger partial charge in [-0.05, 0) is 11.6 Å². The number of nitro groups is 1. The zero-order chi connectivity index (χ0) is 19.5. The zero-order valence-electron chi connectivity index (χ0n) is 15.0. The average molecular weight is 385 g/mol. The Labute approximate surface area is 160 Å². The van der Waals surface area contributed by atoms with Crippen molar-refractivity contribution in [2.45, 2.75) is 6.04 Å². The smallest absolute Gasteiger partial charge is 0.296 e. The number of amides is 1. The van der Waals surface area contributed by atoms with Gasteiger partial charge < -0.3 is 20.1 Å². The molecular weight excluding hydrogens is 366 g/mol. The molecule has 1 unspecified atom stereocenters. The van der Waals surface area contributed by atoms with E-state index in [9.17, 15) is 14.9 Å². The van der Waals surface area contributed by atoms with Crippen molar-refractivity contribution in [3.63, 3.8) is 0 Å². The molecule has 1 aromatic carbocycles. The number of nitrogens with zero attached hydrogens (tertiary/aromatic N) is 3. The molecule has 10 heteroatoms. The molecule has 146 valence electrons. The predicted octanol–water partition coefficient (Wildman–Crippen LogP) is 1.30. The first-order valence-electron chi connectivity index (χ1n) is 8.84. The van der Waals surface area contributed by atoms with Crippen LogP contribution >= 0.6 is 0 Å². The monoisotopic (exact) mass is 385 g/mol. The van der Waals surface area contributed by atoms with Crippen molar-refractivity contribution in [2.24, 2.45) is 0 Å². The van der Waals surface area contributed by atoms with E-state index in [-0.39, 0.29) is 36.7 Å². The number of nitro benzene ring substituents is 1. The summed E-state index contributed by atoms with van der Waals surface area (Å²) in [6, 6.07) is 6.52. The maximum atomic E-state index is 12.6. The molecule has 1 aromatic heterocycles. The highest BCUT2D eigenvalue weighted by molar-refractivity contribution is 5.95. The van der Waals surface area contributed by atoms with Gasteiger partial charge in [0.05, 0.1) is 17.5 Å². The molecule has 0 bridgehead atoms. The number of rotatable bonds is 5. The molecule has 2 aliphatic heterocycles. The van der Waals surface area contributed by atoms with E-state index in [1.54, 1.807) is 12.4 Å². The van der Waals surface area contributed by atoms with Crippen molar-refractivity contribution in [2.75, 3.05) is 38.3 Å². The van der Waals surface area contributed by atoms with Crippen molar-refractivity contribution in [3.8, 4) is 11.5 Å². The molecule has 10 nitrogen and oxygen atoms in total. The van der Waals surface area contributed by atoms with Gasteiger partial charge in [-0.25, -0.2) is 0 Å². The Bertz CT molecular complexity index is 891. The lowest BCUT2D eigenvalue weighted by atomic mass is 10.1. The van der Waals surface area contributed by atoms with E-state index in [0.29, 0.717) is 24.6 Å². The Morgan fingerprint density at radius 2 is 2.21 bits per heavy atom. The molecule has 4 rings (SSSR count). The summed E-state index contributed by atoms with van der Waals surface area (Å²) in [7, 11) is 0. The standard InChI is InChI=1S/C18H19N5O5/c24-18(10-22-5-4-20-9-15(22)12-2-1-3-19-8-12)21-13-6-16-17(28-11-27-16)7-14(13)23(25)26/h1-3,6-8,15,20H,4-5,9-11H2,(H,21,24). The van der Waals surface area contributed by atoms with Gasteiger partial charge in [0.25, 0.3) is 5.69 Å². The predicted molar refractivity (Wildman–Crippen MR) is 99.3 cm³/mol. The van der Waals surface area contributed by atoms with Gasteiger partial charge >= 0.3 is 0 Å². The van der Waals surface area contributed by atoms with E-state index >= 15 is 0 Å². The van der Waals surface area contributed by atoms with Gasteiger partial charge in [-0.15, -0.1) is 0 Å². The molecule has 3 heterocycles. The summed E-state index contributed by atoms with van der Waals surface area (Å²) < 4.78 is 10.4. The lowest BCUT2D eigenvalue weighted by Gasteiger charge is -2.35. The maximum Gasteiger partial charge on any atom is 0.296 e. The highest BCUT2D eigenvalue weighted by Crippen LogP contribution is 2.40. The molecule has 0 saturated carbocycles. The van der Waals surface area contributed by atoms with Crippen LogP contribution in [-0.4, -0.2) is 53.7 Å². The summed E-state index contributed by atoms with van der Waals surface area (Å²) in [5.41, 5.74) is 0.866. The van der Waals surface area contributed by atoms with Crippen LogP contribution in [0.3, 0.4) is 0 Å². The molecule has 1 atom stereocenters. The number of piperazine rings is 1. The van der Waals surface area contributed by atoms with Gasteiger partial charge in [-0.1, -0.05) is 6.07 Å². The summed E-state index contributed by atoms with van der Waals surface area (Å²) in [5.74, 6) is 0.331. The maximum absolute atomic E-state index is 12.6. The van der Waals surface area contributed by atoms with Gasteiger partial charge in [0, 0.05) is 44.1 Å². The van der Waals surface area contributed by atoms with E-state index in [0.717, 1.165) is 12.1 Å². The molecule has 0 radical (unpaired) electrons. The first-order chi connectivity index (χ1) is 13.6. The highest BCUT2D eigenvalue weighted by Gasteiger charge is 2.28. The van der Waals surface area contributed by atoms with Gasteiger partial charge in [-0.2, -0.15) is 0 Å². The number of carbonyl (C=O) groups is 1. The number of aromatic nitrogens is 1. The van der Waals surface area contributed by atoms with Gasteiger partial charge in [-0.3, -0.25) is 24.8 Å². The topological polar surface area (TPSA) is 119 Å². The molecule has 1 fully saturated rings. The number of benzene rings is 1. The third-order valence-corrected chi connectivity index (χ3v) is 4.73. The largest absolute Gasteiger partial charge is 0.454 e. The second kappa shape index (κ2) is 7.79. The molecule has 0 spiro atoms. The molecule has 1 saturated heterocycles. The number of hydrogen-bond acceptors (Lipinski definition) is 8. The number of hydrogen-bond donors (Lipinski definition) is 2. The highest BCUT2D eigenvalue weighted by atomic mass is 16.7. The Kier molecular flexibility index (Phi) is 5.04. The van der Waals surface area contributed by atoms with E-state index in [2.05, 4.69) is 15.6 Å². The number of ether oxygens (including phenoxy) is 2. The van der Waals surface area contributed by atoms with Gasteiger partial charge in [0.15, 0.2) is 11.5 Å². The Balaban J connectivity index is 1.50. The van der Waals surface area contributed by atoms with Crippen LogP contribution in [0.15, 0.2) is 36.7 Å². The van der Waals surface area contributed by atoms with Crippen molar-refractivity contribution in [1.82, 2.24) is 15.2 Å². The van der Waals surface area contributed by atoms with Crippen LogP contribution in [0.5, 0.6) is 11.5 Å². The lowest BCUT2D eigenvalue weighted by molar-refractivity contribution is -0.384. The van der Waals surface area contributed by atoms with Crippen LogP contribution in [0.2, 0.25) is 0 Å². The lowest BCUT2D eigenvalue weighted by Crippen LogP contribution is -2.48. The van der Waals surface area contributed by atoms with E-state index in [1.807, 2.05) is 17.0 Å². The molecule has 2 aliphatic rings. The summed E-state index contributed by atoms with van der Waals surface area (Å²) >= 11 is 0. The molecular formula is C18H19N5O5. The number of carbonyl (C=O) groups excluding carboxylic acids is 1. The Morgan fingerprint density at radius 1 is 1.39 bits per heavy atom. The first-order valence-corrected chi connectivity index (χ1v) is 8.84. The number of anilines is 1. The fourth-order valence-electron chi connectivity index (χ4n) is 3.39. The zero-order valence-corrected chi connectivity index (χ0v) is 15.0. The summed E-state index contributed by atoms with van der Waals surface area (Å²) in [4.78, 5) is 29.6. The molecule has 0 aliphatic carbocycles. The Morgan fingerprint density at radius 3 is 2.96 bits per heavy atom. The van der Waals surface area contributed by atoms with Gasteiger partial charge in [0.2, 0.25) is 12.7 Å². The average Bonchev–Trinajstić information content (AvgIpc) is 3.15. The minimum atomic E-state index is -0.555. The summed E-state index contributed by atoms with van der Waals surface area (Å²) in [6.45, 7) is 2.23. The minimum absolute atomic E-state index is 0.0000558. The SMILES string of the molecule is O=C(CN1CCNCC1c1cccnc1)Nc1cc2c(cc1[N+](=O)[O-])OCO2. The number of nitrogens with one attached hydrogen (secondary N) is 2. The molecule has 1 amide bonds. The van der Waals surface area contributed by atoms with Crippen molar-refractivity contribution >= 4 is 17.3 Å². The van der Waals surface area contributed by atoms with Crippen molar-refractivity contribution in [1.29, 1.82) is 0 Å². The van der Waals surface area contributed by atoms with Crippen LogP contribution in [0.1, 0.15) is 11.6 Å². The van der Waals surface area contributed by atoms with Crippen LogP contribution in [-0.2, 0) is 4.79 Å². The van der Waals surface area contributed by atoms with E-state index in [4.69, 9.17) is 9.47 Å². The molecule has 28 heavy (non-hydrogen) atoms. The molecule has 2 aromatic rings. The summed E-state index contributed by atoms with van der Waals surface area (Å²) in [5, 5.41) is 17.3. The van der Waals surface area contributed by atoms with Crippen LogP contribution < -0.4 is 20.1 Å². The van der Waals surface area contributed by atoms with Gasteiger partial charge in [0.1, 0.15) is 5.69 Å². The number of fused-ring (bicyclic) bond motifs is 1. The summed E-state index contributed by atoms with van der Waals surface area (Å²) in [6.07, 6.45) is 3.49. The first kappa shape index (κ1) is 18.1. The van der Waals surface area contributed by atoms with Crippen molar-refractivity contribution < 1.29 is 19.2 Å². The second-order valence-corrected chi connectivity index (χ2v) is 6.50. The third-order valence-electron chi connectivity index (χ3n) is 4.73. The van der Waals surface area contributed by atoms with Crippen LogP contribution in [0.4, 0.5) is 11.4 Å². The van der Waals surface area contributed by atoms with E-state index < -0.39 is 4.92 Å². The molecule has 2 N–H and O–H groups in total. The fraction of sp³-hybridized carbons (Fsp3) is 0.333. The fourth-order valence-corrected chi connectivity index (χ4v) is 3.39. The van der Waals surface area contributed by atoms with Crippen LogP contribution in [0.25, 0.3) is 0 Å².